The third-order valence-electron chi connectivity index (χ3n) is 3.65. The molecule has 1 amide bonds. The summed E-state index contributed by atoms with van der Waals surface area (Å²) in [5.41, 5.74) is 8.73. The molecule has 0 radical (unpaired) electrons. The Kier molecular flexibility index (Phi) is 7.16. The van der Waals surface area contributed by atoms with E-state index in [-0.39, 0.29) is 11.3 Å². The fourth-order valence-electron chi connectivity index (χ4n) is 2.30. The van der Waals surface area contributed by atoms with E-state index in [1.165, 1.54) is 0 Å². The van der Waals surface area contributed by atoms with E-state index in [9.17, 15) is 4.79 Å². The number of carbonyl (C=O) groups is 1. The number of amides is 1. The molecule has 0 aliphatic heterocycles. The minimum atomic E-state index is 0.131. The summed E-state index contributed by atoms with van der Waals surface area (Å²) in [7, 11) is 0. The standard InChI is InChI=1S/C15H27N3OS/c1-15(2,3)12(6-8-16)4-5-14(19)17-9-7-13-10-20-11-18-13/h10-12H,4-9,16H2,1-3H3,(H,17,19). The van der Waals surface area contributed by atoms with E-state index in [2.05, 4.69) is 31.1 Å². The van der Waals surface area contributed by atoms with Crippen LogP contribution in [0.5, 0.6) is 0 Å². The van der Waals surface area contributed by atoms with Crippen molar-refractivity contribution >= 4 is 17.2 Å². The Hall–Kier alpha value is -0.940. The molecule has 1 aromatic rings. The molecule has 1 unspecified atom stereocenters. The Morgan fingerprint density at radius 3 is 2.75 bits per heavy atom. The van der Waals surface area contributed by atoms with E-state index in [0.717, 1.165) is 25.0 Å². The molecule has 0 spiro atoms. The van der Waals surface area contributed by atoms with E-state index in [0.29, 0.717) is 25.4 Å². The van der Waals surface area contributed by atoms with Gasteiger partial charge in [-0.2, -0.15) is 0 Å². The quantitative estimate of drug-likeness (QED) is 0.775. The zero-order valence-corrected chi connectivity index (χ0v) is 13.6. The molecule has 3 N–H and O–H groups in total. The molecule has 20 heavy (non-hydrogen) atoms. The van der Waals surface area contributed by atoms with E-state index in [1.807, 2.05) is 10.9 Å². The van der Waals surface area contributed by atoms with Gasteiger partial charge in [-0.05, 0) is 30.7 Å². The molecule has 4 nitrogen and oxygen atoms in total. The molecule has 1 atom stereocenters. The monoisotopic (exact) mass is 297 g/mol. The first kappa shape index (κ1) is 17.1. The van der Waals surface area contributed by atoms with E-state index in [1.54, 1.807) is 11.3 Å². The van der Waals surface area contributed by atoms with Gasteiger partial charge in [0.05, 0.1) is 11.2 Å². The van der Waals surface area contributed by atoms with Gasteiger partial charge in [-0.1, -0.05) is 20.8 Å². The van der Waals surface area contributed by atoms with Crippen LogP contribution in [-0.4, -0.2) is 24.0 Å². The van der Waals surface area contributed by atoms with Crippen LogP contribution in [0.25, 0.3) is 0 Å². The summed E-state index contributed by atoms with van der Waals surface area (Å²) < 4.78 is 0. The molecule has 0 saturated heterocycles. The molecule has 0 fully saturated rings. The number of nitrogens with two attached hydrogens (primary N) is 1. The Labute approximate surface area is 126 Å². The van der Waals surface area contributed by atoms with Crippen molar-refractivity contribution in [3.05, 3.63) is 16.6 Å². The van der Waals surface area contributed by atoms with Crippen LogP contribution in [0.2, 0.25) is 0 Å². The molecule has 0 aliphatic carbocycles. The van der Waals surface area contributed by atoms with Crippen molar-refractivity contribution in [1.82, 2.24) is 10.3 Å². The number of hydrogen-bond donors (Lipinski definition) is 2. The SMILES string of the molecule is CC(C)(C)C(CCN)CCC(=O)NCCc1cscn1. The molecule has 0 aromatic carbocycles. The van der Waals surface area contributed by atoms with Crippen LogP contribution in [0.1, 0.15) is 45.7 Å². The van der Waals surface area contributed by atoms with Gasteiger partial charge in [0.1, 0.15) is 0 Å². The summed E-state index contributed by atoms with van der Waals surface area (Å²) in [5, 5.41) is 4.98. The predicted octanol–water partition coefficient (Wildman–Crippen LogP) is 2.59. The maximum absolute atomic E-state index is 11.8. The highest BCUT2D eigenvalue weighted by Gasteiger charge is 2.24. The zero-order chi connectivity index (χ0) is 15.0. The maximum atomic E-state index is 11.8. The van der Waals surface area contributed by atoms with Crippen molar-refractivity contribution < 1.29 is 4.79 Å². The molecule has 5 heteroatoms. The predicted molar refractivity (Wildman–Crippen MR) is 84.7 cm³/mol. The van der Waals surface area contributed by atoms with Gasteiger partial charge in [0.25, 0.3) is 0 Å². The lowest BCUT2D eigenvalue weighted by Crippen LogP contribution is -2.29. The van der Waals surface area contributed by atoms with Gasteiger partial charge in [-0.15, -0.1) is 11.3 Å². The number of carbonyl (C=O) groups excluding carboxylic acids is 1. The first-order chi connectivity index (χ1) is 9.43. The van der Waals surface area contributed by atoms with E-state index in [4.69, 9.17) is 5.73 Å². The van der Waals surface area contributed by atoms with Crippen molar-refractivity contribution in [3.8, 4) is 0 Å². The summed E-state index contributed by atoms with van der Waals surface area (Å²) in [6.07, 6.45) is 3.28. The van der Waals surface area contributed by atoms with Gasteiger partial charge < -0.3 is 11.1 Å². The highest BCUT2D eigenvalue weighted by atomic mass is 32.1. The summed E-state index contributed by atoms with van der Waals surface area (Å²) in [6.45, 7) is 8.00. The third-order valence-corrected chi connectivity index (χ3v) is 4.28. The molecular formula is C15H27N3OS. The Morgan fingerprint density at radius 1 is 1.45 bits per heavy atom. The molecule has 0 aliphatic rings. The number of thiazole rings is 1. The zero-order valence-electron chi connectivity index (χ0n) is 12.8. The molecule has 1 rings (SSSR count). The Balaban J connectivity index is 2.24. The molecule has 1 aromatic heterocycles. The molecular weight excluding hydrogens is 270 g/mol. The first-order valence-corrected chi connectivity index (χ1v) is 8.21. The minimum absolute atomic E-state index is 0.131. The van der Waals surface area contributed by atoms with Crippen LogP contribution in [-0.2, 0) is 11.2 Å². The Morgan fingerprint density at radius 2 is 2.20 bits per heavy atom. The normalized spacial score (nSPS) is 13.2. The second kappa shape index (κ2) is 8.37. The second-order valence-corrected chi connectivity index (χ2v) is 6.98. The summed E-state index contributed by atoms with van der Waals surface area (Å²) in [6, 6.07) is 0. The van der Waals surface area contributed by atoms with Crippen molar-refractivity contribution in [3.63, 3.8) is 0 Å². The fourth-order valence-corrected chi connectivity index (χ4v) is 2.89. The van der Waals surface area contributed by atoms with Crippen LogP contribution in [0.3, 0.4) is 0 Å². The van der Waals surface area contributed by atoms with Gasteiger partial charge in [0.2, 0.25) is 5.91 Å². The minimum Gasteiger partial charge on any atom is -0.356 e. The topological polar surface area (TPSA) is 68.0 Å². The van der Waals surface area contributed by atoms with E-state index >= 15 is 0 Å². The average molecular weight is 297 g/mol. The van der Waals surface area contributed by atoms with Crippen molar-refractivity contribution in [2.75, 3.05) is 13.1 Å². The average Bonchev–Trinajstić information content (AvgIpc) is 2.86. The van der Waals surface area contributed by atoms with E-state index < -0.39 is 0 Å². The van der Waals surface area contributed by atoms with Crippen LogP contribution in [0.4, 0.5) is 0 Å². The second-order valence-electron chi connectivity index (χ2n) is 6.26. The molecule has 114 valence electrons. The lowest BCUT2D eigenvalue weighted by atomic mass is 9.76. The van der Waals surface area contributed by atoms with Gasteiger partial charge in [0, 0.05) is 24.8 Å². The van der Waals surface area contributed by atoms with Gasteiger partial charge in [-0.3, -0.25) is 4.79 Å². The highest BCUT2D eigenvalue weighted by molar-refractivity contribution is 7.07. The number of nitrogens with zero attached hydrogens (tertiary/aromatic N) is 1. The van der Waals surface area contributed by atoms with Gasteiger partial charge in [-0.25, -0.2) is 4.98 Å². The van der Waals surface area contributed by atoms with Gasteiger partial charge >= 0.3 is 0 Å². The van der Waals surface area contributed by atoms with Crippen molar-refractivity contribution in [2.24, 2.45) is 17.1 Å². The largest absolute Gasteiger partial charge is 0.356 e. The number of nitrogens with one attached hydrogen (secondary N) is 1. The lowest BCUT2D eigenvalue weighted by Gasteiger charge is -2.30. The van der Waals surface area contributed by atoms with Crippen LogP contribution in [0, 0.1) is 11.3 Å². The fraction of sp³-hybridized carbons (Fsp3) is 0.733. The summed E-state index contributed by atoms with van der Waals surface area (Å²) >= 11 is 1.59. The summed E-state index contributed by atoms with van der Waals surface area (Å²) in [4.78, 5) is 16.0. The molecule has 0 bridgehead atoms. The lowest BCUT2D eigenvalue weighted by molar-refractivity contribution is -0.121. The number of rotatable bonds is 8. The van der Waals surface area contributed by atoms with Crippen LogP contribution >= 0.6 is 11.3 Å². The number of aromatic nitrogens is 1. The first-order valence-electron chi connectivity index (χ1n) is 7.27. The van der Waals surface area contributed by atoms with Crippen molar-refractivity contribution in [2.45, 2.75) is 46.5 Å². The smallest absolute Gasteiger partial charge is 0.220 e. The number of hydrogen-bond acceptors (Lipinski definition) is 4. The molecule has 0 saturated carbocycles. The summed E-state index contributed by atoms with van der Waals surface area (Å²) in [5.74, 6) is 0.628. The van der Waals surface area contributed by atoms with Gasteiger partial charge in [0.15, 0.2) is 0 Å². The van der Waals surface area contributed by atoms with Crippen LogP contribution < -0.4 is 11.1 Å². The van der Waals surface area contributed by atoms with Crippen molar-refractivity contribution in [1.29, 1.82) is 0 Å². The highest BCUT2D eigenvalue weighted by Crippen LogP contribution is 2.31. The van der Waals surface area contributed by atoms with Crippen LogP contribution in [0.15, 0.2) is 10.9 Å². The maximum Gasteiger partial charge on any atom is 0.220 e. The molecule has 1 heterocycles. The third kappa shape index (κ3) is 6.48. The Bertz CT molecular complexity index is 384.